The van der Waals surface area contributed by atoms with Gasteiger partial charge in [-0.15, -0.1) is 11.3 Å². The van der Waals surface area contributed by atoms with Gasteiger partial charge in [-0.3, -0.25) is 4.84 Å². The van der Waals surface area contributed by atoms with Gasteiger partial charge in [-0.2, -0.15) is 5.48 Å². The van der Waals surface area contributed by atoms with Crippen molar-refractivity contribution in [2.45, 2.75) is 51.7 Å². The maximum atomic E-state index is 5.65. The lowest BCUT2D eigenvalue weighted by Crippen LogP contribution is -2.33. The van der Waals surface area contributed by atoms with Crippen LogP contribution in [0.2, 0.25) is 0 Å². The average Bonchev–Trinajstić information content (AvgIpc) is 2.61. The number of nitrogens with one attached hydrogen (secondary N) is 1. The van der Waals surface area contributed by atoms with Gasteiger partial charge in [-0.05, 0) is 57.0 Å². The molecule has 1 aromatic heterocycles. The number of hydroxylamine groups is 1. The molecule has 0 aromatic carbocycles. The molecule has 0 fully saturated rings. The number of aryl methyl sites for hydroxylation is 1. The molecule has 15 heavy (non-hydrogen) atoms. The van der Waals surface area contributed by atoms with Gasteiger partial charge >= 0.3 is 0 Å². The van der Waals surface area contributed by atoms with Crippen molar-refractivity contribution < 1.29 is 4.84 Å². The van der Waals surface area contributed by atoms with Crippen molar-refractivity contribution in [3.05, 3.63) is 21.9 Å². The van der Waals surface area contributed by atoms with E-state index in [2.05, 4.69) is 37.7 Å². The van der Waals surface area contributed by atoms with Gasteiger partial charge < -0.3 is 0 Å². The molecule has 1 aliphatic carbocycles. The molecule has 1 aliphatic rings. The molecule has 0 aliphatic heterocycles. The van der Waals surface area contributed by atoms with Gasteiger partial charge in [-0.25, -0.2) is 0 Å². The largest absolute Gasteiger partial charge is 0.296 e. The van der Waals surface area contributed by atoms with Crippen molar-refractivity contribution in [1.82, 2.24) is 5.48 Å². The third kappa shape index (κ3) is 2.80. The van der Waals surface area contributed by atoms with E-state index in [-0.39, 0.29) is 5.60 Å². The van der Waals surface area contributed by atoms with Crippen molar-refractivity contribution in [1.29, 1.82) is 0 Å². The Labute approximate surface area is 95.6 Å². The Morgan fingerprint density at radius 3 is 3.00 bits per heavy atom. The predicted molar refractivity (Wildman–Crippen MR) is 64.0 cm³/mol. The van der Waals surface area contributed by atoms with E-state index < -0.39 is 0 Å². The van der Waals surface area contributed by atoms with Crippen LogP contribution in [0, 0.1) is 0 Å². The van der Waals surface area contributed by atoms with Crippen LogP contribution < -0.4 is 5.48 Å². The first kappa shape index (κ1) is 11.1. The summed E-state index contributed by atoms with van der Waals surface area (Å²) in [7, 11) is 0. The first-order valence-corrected chi connectivity index (χ1v) is 6.44. The molecule has 0 bridgehead atoms. The summed E-state index contributed by atoms with van der Waals surface area (Å²) < 4.78 is 0. The van der Waals surface area contributed by atoms with Gasteiger partial charge in [0.15, 0.2) is 0 Å². The zero-order valence-electron chi connectivity index (χ0n) is 9.67. The maximum absolute atomic E-state index is 5.65. The highest BCUT2D eigenvalue weighted by atomic mass is 32.1. The summed E-state index contributed by atoms with van der Waals surface area (Å²) in [5.74, 6) is 0. The maximum Gasteiger partial charge on any atom is 0.0813 e. The number of hydrogen-bond donors (Lipinski definition) is 1. The summed E-state index contributed by atoms with van der Waals surface area (Å²) in [4.78, 5) is 7.17. The summed E-state index contributed by atoms with van der Waals surface area (Å²) in [5, 5.41) is 2.18. The highest BCUT2D eigenvalue weighted by Gasteiger charge is 2.22. The molecule has 1 atom stereocenters. The van der Waals surface area contributed by atoms with Crippen LogP contribution in [0.25, 0.3) is 0 Å². The second-order valence-corrected chi connectivity index (χ2v) is 6.08. The molecule has 1 unspecified atom stereocenters. The number of thiophene rings is 1. The van der Waals surface area contributed by atoms with Gasteiger partial charge in [0.2, 0.25) is 0 Å². The van der Waals surface area contributed by atoms with E-state index in [1.54, 1.807) is 0 Å². The lowest BCUT2D eigenvalue weighted by Gasteiger charge is -2.27. The number of hydrogen-bond acceptors (Lipinski definition) is 3. The zero-order valence-corrected chi connectivity index (χ0v) is 10.5. The fourth-order valence-corrected chi connectivity index (χ4v) is 2.84. The van der Waals surface area contributed by atoms with Crippen LogP contribution in [-0.2, 0) is 11.3 Å². The second kappa shape index (κ2) is 4.24. The first-order chi connectivity index (χ1) is 7.06. The van der Waals surface area contributed by atoms with Gasteiger partial charge in [0.05, 0.1) is 11.6 Å². The quantitative estimate of drug-likeness (QED) is 0.778. The van der Waals surface area contributed by atoms with Crippen LogP contribution in [-0.4, -0.2) is 5.60 Å². The molecule has 0 saturated heterocycles. The van der Waals surface area contributed by atoms with Crippen molar-refractivity contribution in [2.24, 2.45) is 0 Å². The van der Waals surface area contributed by atoms with E-state index in [4.69, 9.17) is 4.84 Å². The molecular weight excluding hydrogens is 206 g/mol. The normalized spacial score (nSPS) is 21.4. The Kier molecular flexibility index (Phi) is 3.14. The minimum Gasteiger partial charge on any atom is -0.296 e. The average molecular weight is 225 g/mol. The van der Waals surface area contributed by atoms with Crippen LogP contribution in [0.1, 0.15) is 50.1 Å². The lowest BCUT2D eigenvalue weighted by atomic mass is 9.95. The van der Waals surface area contributed by atoms with Crippen molar-refractivity contribution >= 4 is 11.3 Å². The number of rotatable bonds is 2. The van der Waals surface area contributed by atoms with Crippen LogP contribution in [0.15, 0.2) is 11.4 Å². The lowest BCUT2D eigenvalue weighted by molar-refractivity contribution is -0.0910. The van der Waals surface area contributed by atoms with Crippen LogP contribution in [0.4, 0.5) is 0 Å². The monoisotopic (exact) mass is 225 g/mol. The highest BCUT2D eigenvalue weighted by molar-refractivity contribution is 7.10. The Bertz CT molecular complexity index is 327. The van der Waals surface area contributed by atoms with Crippen LogP contribution >= 0.6 is 11.3 Å². The van der Waals surface area contributed by atoms with Gasteiger partial charge in [0.1, 0.15) is 0 Å². The van der Waals surface area contributed by atoms with E-state index in [1.165, 1.54) is 29.7 Å². The van der Waals surface area contributed by atoms with Crippen molar-refractivity contribution in [3.8, 4) is 0 Å². The molecule has 3 heteroatoms. The predicted octanol–water partition coefficient (Wildman–Crippen LogP) is 3.45. The van der Waals surface area contributed by atoms with E-state index in [9.17, 15) is 0 Å². The van der Waals surface area contributed by atoms with Crippen molar-refractivity contribution in [3.63, 3.8) is 0 Å². The second-order valence-electron chi connectivity index (χ2n) is 5.08. The Morgan fingerprint density at radius 2 is 2.27 bits per heavy atom. The Hall–Kier alpha value is -0.380. The summed E-state index contributed by atoms with van der Waals surface area (Å²) in [6.45, 7) is 6.20. The highest BCUT2D eigenvalue weighted by Crippen LogP contribution is 2.33. The third-order valence-corrected chi connectivity index (χ3v) is 3.56. The zero-order chi connectivity index (χ0) is 10.9. The molecule has 0 amide bonds. The summed E-state index contributed by atoms with van der Waals surface area (Å²) in [6, 6.07) is 2.61. The fraction of sp³-hybridized carbons (Fsp3) is 0.667. The first-order valence-electron chi connectivity index (χ1n) is 5.56. The summed E-state index contributed by atoms with van der Waals surface area (Å²) >= 11 is 1.87. The Balaban J connectivity index is 2.01. The molecule has 0 saturated carbocycles. The molecule has 2 nitrogen and oxygen atoms in total. The van der Waals surface area contributed by atoms with E-state index >= 15 is 0 Å². The SMILES string of the molecule is CC(C)(C)ONC1CCCc2sccc21. The molecule has 84 valence electrons. The number of fused-ring (bicyclic) bond motifs is 1. The summed E-state index contributed by atoms with van der Waals surface area (Å²) in [5.41, 5.74) is 4.53. The fourth-order valence-electron chi connectivity index (χ4n) is 1.86. The Morgan fingerprint density at radius 1 is 1.47 bits per heavy atom. The topological polar surface area (TPSA) is 21.3 Å². The molecule has 0 spiro atoms. The van der Waals surface area contributed by atoms with E-state index in [0.717, 1.165) is 0 Å². The smallest absolute Gasteiger partial charge is 0.0813 e. The molecule has 2 rings (SSSR count). The van der Waals surface area contributed by atoms with Gasteiger partial charge in [0, 0.05) is 4.88 Å². The molecule has 1 heterocycles. The van der Waals surface area contributed by atoms with Crippen molar-refractivity contribution in [2.75, 3.05) is 0 Å². The molecule has 0 radical (unpaired) electrons. The van der Waals surface area contributed by atoms with Gasteiger partial charge in [0.25, 0.3) is 0 Å². The van der Waals surface area contributed by atoms with E-state index in [0.29, 0.717) is 6.04 Å². The summed E-state index contributed by atoms with van der Waals surface area (Å²) in [6.07, 6.45) is 3.68. The molecular formula is C12H19NOS. The minimum absolute atomic E-state index is 0.117. The van der Waals surface area contributed by atoms with E-state index in [1.807, 2.05) is 11.3 Å². The molecule has 1 N–H and O–H groups in total. The van der Waals surface area contributed by atoms with Gasteiger partial charge in [-0.1, -0.05) is 0 Å². The standard InChI is InChI=1S/C12H19NOS/c1-12(2,3)14-13-10-5-4-6-11-9(10)7-8-15-11/h7-8,10,13H,4-6H2,1-3H3. The third-order valence-electron chi connectivity index (χ3n) is 2.56. The van der Waals surface area contributed by atoms with Crippen LogP contribution in [0.5, 0.6) is 0 Å². The van der Waals surface area contributed by atoms with Crippen LogP contribution in [0.3, 0.4) is 0 Å². The molecule has 1 aromatic rings. The minimum atomic E-state index is -0.117.